The van der Waals surface area contributed by atoms with E-state index in [0.29, 0.717) is 0 Å². The van der Waals surface area contributed by atoms with Crippen molar-refractivity contribution in [1.82, 2.24) is 20.2 Å². The molecule has 1 aliphatic rings. The molecule has 0 bridgehead atoms. The molecule has 0 radical (unpaired) electrons. The van der Waals surface area contributed by atoms with E-state index in [1.807, 2.05) is 6.92 Å². The Balaban J connectivity index is 0.00000178. The number of rotatable bonds is 8. The van der Waals surface area contributed by atoms with Crippen LogP contribution in [-0.2, 0) is 0 Å². The quantitative estimate of drug-likeness (QED) is 0.220. The molecule has 1 saturated heterocycles. The third-order valence-corrected chi connectivity index (χ3v) is 7.39. The minimum absolute atomic E-state index is 0. The minimum atomic E-state index is -0.700. The lowest BCUT2D eigenvalue weighted by molar-refractivity contribution is 0.0316. The molecule has 0 aliphatic carbocycles. The maximum absolute atomic E-state index is 11.9. The van der Waals surface area contributed by atoms with E-state index in [1.54, 1.807) is 0 Å². The Bertz CT molecular complexity index is 1210. The fourth-order valence-electron chi connectivity index (χ4n) is 5.36. The zero-order valence-electron chi connectivity index (χ0n) is 22.4. The zero-order valence-corrected chi connectivity index (χ0v) is 24.9. The van der Waals surface area contributed by atoms with Crippen LogP contribution in [-0.4, -0.2) is 52.2 Å². The average molecular weight is 590 g/mol. The van der Waals surface area contributed by atoms with Crippen molar-refractivity contribution >= 4 is 37.2 Å². The molecule has 210 valence electrons. The summed E-state index contributed by atoms with van der Waals surface area (Å²) >= 11 is 0. The Morgan fingerprint density at radius 1 is 0.795 bits per heavy atom. The number of aryl methyl sites for hydroxylation is 2. The molecule has 8 heteroatoms. The van der Waals surface area contributed by atoms with E-state index in [4.69, 9.17) is 4.98 Å². The molecule has 2 atom stereocenters. The number of halogens is 3. The Labute approximate surface area is 250 Å². The molecule has 5 nitrogen and oxygen atoms in total. The van der Waals surface area contributed by atoms with Gasteiger partial charge in [0.2, 0.25) is 0 Å². The molecule has 1 fully saturated rings. The Morgan fingerprint density at radius 2 is 1.33 bits per heavy atom. The highest BCUT2D eigenvalue weighted by atomic mass is 35.5. The summed E-state index contributed by atoms with van der Waals surface area (Å²) in [5.74, 6) is 0.987. The van der Waals surface area contributed by atoms with E-state index in [0.717, 1.165) is 55.4 Å². The summed E-state index contributed by atoms with van der Waals surface area (Å²) in [4.78, 5) is 10.8. The highest BCUT2D eigenvalue weighted by Crippen LogP contribution is 2.36. The summed E-state index contributed by atoms with van der Waals surface area (Å²) in [7, 11) is 0. The van der Waals surface area contributed by atoms with Crippen LogP contribution in [0.4, 0.5) is 0 Å². The maximum atomic E-state index is 11.9. The van der Waals surface area contributed by atoms with E-state index < -0.39 is 6.10 Å². The molecule has 1 aliphatic heterocycles. The molecule has 0 amide bonds. The fourth-order valence-corrected chi connectivity index (χ4v) is 5.36. The first kappa shape index (κ1) is 32.8. The molecule has 2 unspecified atom stereocenters. The molecular weight excluding hydrogens is 551 g/mol. The predicted molar refractivity (Wildman–Crippen MR) is 168 cm³/mol. The molecule has 0 saturated carbocycles. The number of hydrogen-bond donors (Lipinski definition) is 3. The number of piperazine rings is 1. The first-order valence-electron chi connectivity index (χ1n) is 13.0. The SMILES string of the molecule is Cc1ccc(-c2nc(C(O)C(CC(c3ccccc3)c3ccccc3)N3CCNCC3)c(C)[nH]2)cc1.Cl.Cl.Cl. The van der Waals surface area contributed by atoms with Gasteiger partial charge in [0, 0.05) is 49.4 Å². The number of aliphatic hydroxyl groups excluding tert-OH is 1. The Morgan fingerprint density at radius 3 is 1.87 bits per heavy atom. The van der Waals surface area contributed by atoms with Crippen molar-refractivity contribution in [2.75, 3.05) is 26.2 Å². The van der Waals surface area contributed by atoms with Crippen LogP contribution in [0.25, 0.3) is 11.4 Å². The van der Waals surface area contributed by atoms with E-state index in [-0.39, 0.29) is 49.2 Å². The van der Waals surface area contributed by atoms with Crippen molar-refractivity contribution in [3.05, 3.63) is 113 Å². The van der Waals surface area contributed by atoms with Crippen molar-refractivity contribution in [3.63, 3.8) is 0 Å². The van der Waals surface area contributed by atoms with Crippen molar-refractivity contribution < 1.29 is 5.11 Å². The predicted octanol–water partition coefficient (Wildman–Crippen LogP) is 6.49. The summed E-state index contributed by atoms with van der Waals surface area (Å²) in [5.41, 5.74) is 6.47. The second kappa shape index (κ2) is 15.4. The van der Waals surface area contributed by atoms with Gasteiger partial charge in [0.1, 0.15) is 11.9 Å². The second-order valence-corrected chi connectivity index (χ2v) is 9.87. The maximum Gasteiger partial charge on any atom is 0.137 e. The van der Waals surface area contributed by atoms with Crippen LogP contribution in [0.15, 0.2) is 84.9 Å². The topological polar surface area (TPSA) is 64.2 Å². The van der Waals surface area contributed by atoms with Crippen molar-refractivity contribution in [2.45, 2.75) is 38.3 Å². The van der Waals surface area contributed by atoms with Gasteiger partial charge in [0.25, 0.3) is 0 Å². The van der Waals surface area contributed by atoms with E-state index in [9.17, 15) is 5.11 Å². The molecule has 1 aromatic heterocycles. The molecule has 2 heterocycles. The highest BCUT2D eigenvalue weighted by molar-refractivity contribution is 5.86. The van der Waals surface area contributed by atoms with Gasteiger partial charge < -0.3 is 15.4 Å². The number of benzene rings is 3. The van der Waals surface area contributed by atoms with Gasteiger partial charge in [-0.25, -0.2) is 4.98 Å². The molecule has 0 spiro atoms. The van der Waals surface area contributed by atoms with Gasteiger partial charge in [-0.1, -0.05) is 90.5 Å². The largest absolute Gasteiger partial charge is 0.385 e. The van der Waals surface area contributed by atoms with Gasteiger partial charge in [-0.15, -0.1) is 37.2 Å². The van der Waals surface area contributed by atoms with Crippen molar-refractivity contribution in [2.24, 2.45) is 0 Å². The normalized spacial score (nSPS) is 15.0. The number of imidazole rings is 1. The lowest BCUT2D eigenvalue weighted by Gasteiger charge is -2.39. The second-order valence-electron chi connectivity index (χ2n) is 9.87. The number of H-pyrrole nitrogens is 1. The van der Waals surface area contributed by atoms with E-state index >= 15 is 0 Å². The van der Waals surface area contributed by atoms with Crippen LogP contribution < -0.4 is 5.32 Å². The molecule has 3 N–H and O–H groups in total. The summed E-state index contributed by atoms with van der Waals surface area (Å²) in [6.45, 7) is 7.78. The summed E-state index contributed by atoms with van der Waals surface area (Å²) < 4.78 is 0. The highest BCUT2D eigenvalue weighted by Gasteiger charge is 2.34. The van der Waals surface area contributed by atoms with Crippen molar-refractivity contribution in [3.8, 4) is 11.4 Å². The van der Waals surface area contributed by atoms with Gasteiger partial charge in [0.05, 0.1) is 5.69 Å². The first-order chi connectivity index (χ1) is 17.6. The molecule has 5 rings (SSSR count). The number of aromatic amines is 1. The number of nitrogens with zero attached hydrogens (tertiary/aromatic N) is 2. The smallest absolute Gasteiger partial charge is 0.137 e. The standard InChI is InChI=1S/C31H36N4O.3ClH/c1-22-13-15-26(16-14-22)31-33-23(2)29(34-31)30(36)28(35-19-17-32-18-20-35)21-27(24-9-5-3-6-10-24)25-11-7-4-8-12-25;;;/h3-16,27-28,30,32,36H,17-21H2,1-2H3,(H,33,34);3*1H. The number of nitrogens with one attached hydrogen (secondary N) is 2. The van der Waals surface area contributed by atoms with Gasteiger partial charge in [-0.2, -0.15) is 0 Å². The van der Waals surface area contributed by atoms with Crippen LogP contribution in [0.2, 0.25) is 0 Å². The molecular formula is C31H39Cl3N4O. The summed E-state index contributed by atoms with van der Waals surface area (Å²) in [5, 5.41) is 15.4. The summed E-state index contributed by atoms with van der Waals surface area (Å²) in [6, 6.07) is 29.6. The van der Waals surface area contributed by atoms with Crippen LogP contribution in [0.1, 0.15) is 46.5 Å². The molecule has 3 aromatic carbocycles. The minimum Gasteiger partial charge on any atom is -0.385 e. The molecule has 4 aromatic rings. The monoisotopic (exact) mass is 588 g/mol. The third kappa shape index (κ3) is 7.85. The summed E-state index contributed by atoms with van der Waals surface area (Å²) in [6.07, 6.45) is 0.106. The van der Waals surface area contributed by atoms with Crippen LogP contribution >= 0.6 is 37.2 Å². The Hall–Kier alpha value is -2.38. The zero-order chi connectivity index (χ0) is 24.9. The van der Waals surface area contributed by atoms with Crippen LogP contribution in [0, 0.1) is 13.8 Å². The van der Waals surface area contributed by atoms with Gasteiger partial charge in [0.15, 0.2) is 0 Å². The van der Waals surface area contributed by atoms with E-state index in [2.05, 4.69) is 107 Å². The molecule has 39 heavy (non-hydrogen) atoms. The fraction of sp³-hybridized carbons (Fsp3) is 0.323. The third-order valence-electron chi connectivity index (χ3n) is 7.39. The number of aliphatic hydroxyl groups is 1. The lowest BCUT2D eigenvalue weighted by Crippen LogP contribution is -2.51. The van der Waals surface area contributed by atoms with Crippen molar-refractivity contribution in [1.29, 1.82) is 0 Å². The van der Waals surface area contributed by atoms with Gasteiger partial charge in [-0.3, -0.25) is 4.90 Å². The lowest BCUT2D eigenvalue weighted by atomic mass is 9.83. The van der Waals surface area contributed by atoms with E-state index in [1.165, 1.54) is 16.7 Å². The number of aromatic nitrogens is 2. The first-order valence-corrected chi connectivity index (χ1v) is 13.0. The Kier molecular flexibility index (Phi) is 13.0. The van der Waals surface area contributed by atoms with Gasteiger partial charge in [-0.05, 0) is 31.4 Å². The van der Waals surface area contributed by atoms with Crippen LogP contribution in [0.3, 0.4) is 0 Å². The van der Waals surface area contributed by atoms with Crippen LogP contribution in [0.5, 0.6) is 0 Å². The average Bonchev–Trinajstić information content (AvgIpc) is 3.32. The number of hydrogen-bond acceptors (Lipinski definition) is 4. The van der Waals surface area contributed by atoms with Gasteiger partial charge >= 0.3 is 0 Å².